The molecule has 5 nitrogen and oxygen atoms in total. The van der Waals surface area contributed by atoms with E-state index in [0.29, 0.717) is 25.9 Å². The van der Waals surface area contributed by atoms with Crippen LogP contribution in [0.5, 0.6) is 0 Å². The van der Waals surface area contributed by atoms with Crippen LogP contribution >= 0.6 is 0 Å². The first-order chi connectivity index (χ1) is 14.7. The molecule has 0 heterocycles. The van der Waals surface area contributed by atoms with Gasteiger partial charge in [0.05, 0.1) is 13.7 Å². The molecule has 3 atom stereocenters. The number of alkyl halides is 2. The van der Waals surface area contributed by atoms with Crippen molar-refractivity contribution in [2.45, 2.75) is 90.4 Å². The molecule has 0 N–H and O–H groups in total. The quantitative estimate of drug-likeness (QED) is 0.185. The molecule has 0 spiro atoms. The molecule has 0 aromatic rings. The Hall–Kier alpha value is -1.79. The van der Waals surface area contributed by atoms with Crippen molar-refractivity contribution in [1.29, 1.82) is 0 Å². The lowest BCUT2D eigenvalue weighted by molar-refractivity contribution is -0.143. The van der Waals surface area contributed by atoms with Crippen LogP contribution in [0.15, 0.2) is 12.2 Å². The molecule has 0 amide bonds. The van der Waals surface area contributed by atoms with Crippen molar-refractivity contribution in [3.05, 3.63) is 12.2 Å². The van der Waals surface area contributed by atoms with Gasteiger partial charge >= 0.3 is 17.9 Å². The van der Waals surface area contributed by atoms with E-state index in [2.05, 4.69) is 4.74 Å². The highest BCUT2D eigenvalue weighted by atomic mass is 19.3. The van der Waals surface area contributed by atoms with E-state index < -0.39 is 18.1 Å². The SMILES string of the molecule is CCCCC(F)(F)C(=O)/C=C/[C@H]1CCC(COC(C)=O)C1CCCCCCC(=O)OC. The summed E-state index contributed by atoms with van der Waals surface area (Å²) in [7, 11) is 1.38. The molecule has 0 aliphatic heterocycles. The summed E-state index contributed by atoms with van der Waals surface area (Å²) >= 11 is 0. The highest BCUT2D eigenvalue weighted by Crippen LogP contribution is 2.41. The van der Waals surface area contributed by atoms with Gasteiger partial charge in [0.1, 0.15) is 0 Å². The number of methoxy groups -OCH3 is 1. The Labute approximate surface area is 184 Å². The van der Waals surface area contributed by atoms with Crippen LogP contribution in [0.1, 0.15) is 84.5 Å². The topological polar surface area (TPSA) is 69.7 Å². The fourth-order valence-corrected chi connectivity index (χ4v) is 4.26. The van der Waals surface area contributed by atoms with Crippen molar-refractivity contribution in [1.82, 2.24) is 0 Å². The predicted molar refractivity (Wildman–Crippen MR) is 115 cm³/mol. The minimum atomic E-state index is -3.31. The van der Waals surface area contributed by atoms with Gasteiger partial charge in [0.2, 0.25) is 5.78 Å². The van der Waals surface area contributed by atoms with E-state index in [-0.39, 0.29) is 29.7 Å². The Balaban J connectivity index is 2.63. The number of hydrogen-bond acceptors (Lipinski definition) is 5. The average Bonchev–Trinajstić information content (AvgIpc) is 3.12. The van der Waals surface area contributed by atoms with Crippen molar-refractivity contribution in [3.8, 4) is 0 Å². The first-order valence-corrected chi connectivity index (χ1v) is 11.5. The number of ether oxygens (including phenoxy) is 2. The summed E-state index contributed by atoms with van der Waals surface area (Å²) in [5, 5.41) is 0. The molecule has 1 saturated carbocycles. The summed E-state index contributed by atoms with van der Waals surface area (Å²) in [6.07, 6.45) is 9.75. The molecule has 31 heavy (non-hydrogen) atoms. The zero-order valence-corrected chi connectivity index (χ0v) is 19.2. The summed E-state index contributed by atoms with van der Waals surface area (Å²) in [6, 6.07) is 0. The van der Waals surface area contributed by atoms with Gasteiger partial charge in [0.15, 0.2) is 0 Å². The van der Waals surface area contributed by atoms with E-state index in [4.69, 9.17) is 4.74 Å². The normalized spacial score (nSPS) is 21.4. The first kappa shape index (κ1) is 27.2. The molecule has 2 unspecified atom stereocenters. The number of esters is 2. The van der Waals surface area contributed by atoms with Gasteiger partial charge in [0, 0.05) is 19.8 Å². The lowest BCUT2D eigenvalue weighted by atomic mass is 9.84. The molecule has 1 aliphatic rings. The Morgan fingerprint density at radius 3 is 2.42 bits per heavy atom. The number of rotatable bonds is 15. The highest BCUT2D eigenvalue weighted by Gasteiger charge is 2.38. The van der Waals surface area contributed by atoms with Crippen molar-refractivity contribution < 1.29 is 32.6 Å². The fraction of sp³-hybridized carbons (Fsp3) is 0.792. The van der Waals surface area contributed by atoms with Crippen molar-refractivity contribution in [2.75, 3.05) is 13.7 Å². The van der Waals surface area contributed by atoms with Gasteiger partial charge in [-0.3, -0.25) is 14.4 Å². The Morgan fingerprint density at radius 2 is 1.77 bits per heavy atom. The minimum absolute atomic E-state index is 0.0292. The van der Waals surface area contributed by atoms with E-state index in [1.807, 2.05) is 6.92 Å². The van der Waals surface area contributed by atoms with Crippen LogP contribution in [0.25, 0.3) is 0 Å². The zero-order chi connectivity index (χ0) is 23.3. The molecule has 0 aromatic heterocycles. The summed E-state index contributed by atoms with van der Waals surface area (Å²) in [5.41, 5.74) is 0. The molecule has 1 rings (SSSR count). The number of halogens is 2. The average molecular weight is 445 g/mol. The molecule has 178 valence electrons. The zero-order valence-electron chi connectivity index (χ0n) is 19.2. The van der Waals surface area contributed by atoms with Gasteiger partial charge in [-0.05, 0) is 55.9 Å². The Morgan fingerprint density at radius 1 is 1.06 bits per heavy atom. The van der Waals surface area contributed by atoms with E-state index in [0.717, 1.165) is 51.0 Å². The molecule has 7 heteroatoms. The lowest BCUT2D eigenvalue weighted by Gasteiger charge is -2.23. The summed E-state index contributed by atoms with van der Waals surface area (Å²) in [4.78, 5) is 34.4. The third-order valence-electron chi connectivity index (χ3n) is 6.12. The van der Waals surface area contributed by atoms with Gasteiger partial charge < -0.3 is 9.47 Å². The van der Waals surface area contributed by atoms with Crippen LogP contribution in [0.3, 0.4) is 0 Å². The number of allylic oxidation sites excluding steroid dienone is 2. The molecule has 0 aromatic carbocycles. The van der Waals surface area contributed by atoms with Gasteiger partial charge in [-0.1, -0.05) is 38.7 Å². The standard InChI is InChI=1S/C24H38F2O5/c1-4-5-16-24(25,26)22(28)15-14-19-12-13-20(17-31-18(2)27)21(19)10-8-6-7-9-11-23(29)30-3/h14-15,19-21H,4-13,16-17H2,1-3H3/b15-14+/t19-,20?,21?/m1/s1. The van der Waals surface area contributed by atoms with Crippen LogP contribution < -0.4 is 0 Å². The summed E-state index contributed by atoms with van der Waals surface area (Å²) in [6.45, 7) is 3.52. The number of unbranched alkanes of at least 4 members (excludes halogenated alkanes) is 4. The third-order valence-corrected chi connectivity index (χ3v) is 6.12. The van der Waals surface area contributed by atoms with Crippen LogP contribution in [0.2, 0.25) is 0 Å². The fourth-order valence-electron chi connectivity index (χ4n) is 4.26. The number of ketones is 1. The molecule has 0 saturated heterocycles. The second kappa shape index (κ2) is 14.3. The van der Waals surface area contributed by atoms with E-state index in [1.54, 1.807) is 6.08 Å². The van der Waals surface area contributed by atoms with Gasteiger partial charge in [0.25, 0.3) is 0 Å². The largest absolute Gasteiger partial charge is 0.469 e. The molecule has 0 bridgehead atoms. The number of carbonyl (C=O) groups is 3. The van der Waals surface area contributed by atoms with Crippen molar-refractivity contribution in [2.24, 2.45) is 17.8 Å². The minimum Gasteiger partial charge on any atom is -0.469 e. The highest BCUT2D eigenvalue weighted by molar-refractivity contribution is 5.95. The van der Waals surface area contributed by atoms with Crippen LogP contribution in [-0.2, 0) is 23.9 Å². The van der Waals surface area contributed by atoms with Gasteiger partial charge in [-0.25, -0.2) is 0 Å². The molecule has 1 aliphatic carbocycles. The van der Waals surface area contributed by atoms with E-state index in [9.17, 15) is 23.2 Å². The number of carbonyl (C=O) groups excluding carboxylic acids is 3. The third kappa shape index (κ3) is 10.4. The van der Waals surface area contributed by atoms with Crippen LogP contribution in [0, 0.1) is 17.8 Å². The number of hydrogen-bond donors (Lipinski definition) is 0. The second-order valence-corrected chi connectivity index (χ2v) is 8.53. The molecular weight excluding hydrogens is 406 g/mol. The molecular formula is C24H38F2O5. The maximum absolute atomic E-state index is 14.0. The van der Waals surface area contributed by atoms with Crippen molar-refractivity contribution in [3.63, 3.8) is 0 Å². The second-order valence-electron chi connectivity index (χ2n) is 8.53. The maximum Gasteiger partial charge on any atom is 0.309 e. The lowest BCUT2D eigenvalue weighted by Crippen LogP contribution is -2.27. The van der Waals surface area contributed by atoms with E-state index in [1.165, 1.54) is 14.0 Å². The van der Waals surface area contributed by atoms with Crippen LogP contribution in [-0.4, -0.2) is 37.4 Å². The molecule has 1 fully saturated rings. The summed E-state index contributed by atoms with van der Waals surface area (Å²) < 4.78 is 37.8. The van der Waals surface area contributed by atoms with Gasteiger partial charge in [-0.2, -0.15) is 8.78 Å². The maximum atomic E-state index is 14.0. The predicted octanol–water partition coefficient (Wildman–Crippen LogP) is 5.66. The van der Waals surface area contributed by atoms with E-state index >= 15 is 0 Å². The Bertz CT molecular complexity index is 603. The monoisotopic (exact) mass is 444 g/mol. The van der Waals surface area contributed by atoms with Gasteiger partial charge in [-0.15, -0.1) is 0 Å². The first-order valence-electron chi connectivity index (χ1n) is 11.5. The van der Waals surface area contributed by atoms with Crippen molar-refractivity contribution >= 4 is 17.7 Å². The smallest absolute Gasteiger partial charge is 0.309 e. The van der Waals surface area contributed by atoms with Crippen LogP contribution in [0.4, 0.5) is 8.78 Å². The summed E-state index contributed by atoms with van der Waals surface area (Å²) in [5.74, 6) is -4.57. The Kier molecular flexibility index (Phi) is 12.6. The molecule has 0 radical (unpaired) electrons.